The predicted octanol–water partition coefficient (Wildman–Crippen LogP) is 4.39. The van der Waals surface area contributed by atoms with Gasteiger partial charge in [-0.2, -0.15) is 0 Å². The van der Waals surface area contributed by atoms with Crippen LogP contribution in [0.4, 0.5) is 11.4 Å². The Balaban J connectivity index is 1.61. The molecule has 0 saturated heterocycles. The first-order chi connectivity index (χ1) is 14.6. The van der Waals surface area contributed by atoms with Crippen molar-refractivity contribution >= 4 is 29.3 Å². The van der Waals surface area contributed by atoms with Gasteiger partial charge in [-0.25, -0.2) is 0 Å². The summed E-state index contributed by atoms with van der Waals surface area (Å²) in [6, 6.07) is 20.3. The molecule has 0 fully saturated rings. The highest BCUT2D eigenvalue weighted by Crippen LogP contribution is 2.31. The number of carbonyl (C=O) groups is 2. The zero-order chi connectivity index (χ0) is 20.9. The van der Waals surface area contributed by atoms with E-state index in [2.05, 4.69) is 10.3 Å². The summed E-state index contributed by atoms with van der Waals surface area (Å²) in [4.78, 5) is 32.1. The number of hydrogen-bond donors (Lipinski definition) is 1. The fraction of sp³-hybridized carbons (Fsp3) is 0.160. The first-order valence-electron chi connectivity index (χ1n) is 9.99. The molecular weight excluding hydrogens is 374 g/mol. The molecule has 4 rings (SSSR count). The number of carbonyl (C=O) groups excluding carboxylic acids is 2. The van der Waals surface area contributed by atoms with Crippen molar-refractivity contribution in [2.75, 3.05) is 10.2 Å². The number of fused-ring (bicyclic) bond motifs is 1. The average molecular weight is 397 g/mol. The Morgan fingerprint density at radius 1 is 1.03 bits per heavy atom. The molecule has 2 aromatic carbocycles. The molecule has 2 heterocycles. The highest BCUT2D eigenvalue weighted by molar-refractivity contribution is 6.10. The molecule has 1 aliphatic heterocycles. The summed E-state index contributed by atoms with van der Waals surface area (Å²) in [5.41, 5.74) is 4.38. The Bertz CT molecular complexity index is 1080. The van der Waals surface area contributed by atoms with E-state index in [-0.39, 0.29) is 11.8 Å². The van der Waals surface area contributed by atoms with E-state index in [0.717, 1.165) is 28.9 Å². The van der Waals surface area contributed by atoms with Gasteiger partial charge in [0.05, 0.1) is 5.69 Å². The van der Waals surface area contributed by atoms with Gasteiger partial charge in [-0.05, 0) is 61.7 Å². The second kappa shape index (κ2) is 8.74. The first-order valence-corrected chi connectivity index (χ1v) is 9.99. The van der Waals surface area contributed by atoms with Crippen LogP contribution in [0.1, 0.15) is 23.2 Å². The van der Waals surface area contributed by atoms with Gasteiger partial charge in [0, 0.05) is 23.6 Å². The maximum atomic E-state index is 13.2. The zero-order valence-electron chi connectivity index (χ0n) is 16.8. The summed E-state index contributed by atoms with van der Waals surface area (Å²) in [5.74, 6) is -0.426. The smallest absolute Gasteiger partial charge is 0.251 e. The number of nitrogens with one attached hydrogen (secondary N) is 1. The van der Waals surface area contributed by atoms with Crippen LogP contribution < -0.4 is 10.2 Å². The van der Waals surface area contributed by atoms with Crippen molar-refractivity contribution in [1.82, 2.24) is 4.98 Å². The van der Waals surface area contributed by atoms with Crippen LogP contribution in [0, 0.1) is 6.92 Å². The number of rotatable bonds is 4. The number of pyridine rings is 1. The van der Waals surface area contributed by atoms with E-state index in [0.29, 0.717) is 12.1 Å². The first kappa shape index (κ1) is 19.6. The minimum atomic E-state index is -0.581. The highest BCUT2D eigenvalue weighted by Gasteiger charge is 2.34. The SMILES string of the molecule is Cc1ccc(NC(=O)C2CCc3ccccc3N2C(=O)/C=C/c2ccccn2)cc1. The van der Waals surface area contributed by atoms with E-state index in [4.69, 9.17) is 0 Å². The molecule has 0 saturated carbocycles. The van der Waals surface area contributed by atoms with Crippen molar-refractivity contribution in [2.24, 2.45) is 0 Å². The monoisotopic (exact) mass is 397 g/mol. The minimum Gasteiger partial charge on any atom is -0.324 e. The van der Waals surface area contributed by atoms with Gasteiger partial charge in [0.25, 0.3) is 5.91 Å². The molecule has 1 aromatic heterocycles. The molecule has 5 nitrogen and oxygen atoms in total. The van der Waals surface area contributed by atoms with Gasteiger partial charge in [0.2, 0.25) is 5.91 Å². The standard InChI is InChI=1S/C25H23N3O2/c1-18-9-12-21(13-10-18)27-25(30)23-15-11-19-6-2-3-8-22(19)28(23)24(29)16-14-20-7-4-5-17-26-20/h2-10,12-14,16-17,23H,11,15H2,1H3,(H,27,30)/b16-14+. The van der Waals surface area contributed by atoms with E-state index in [1.807, 2.05) is 73.7 Å². The van der Waals surface area contributed by atoms with E-state index in [1.54, 1.807) is 17.2 Å². The third kappa shape index (κ3) is 4.30. The van der Waals surface area contributed by atoms with Crippen LogP contribution in [0.25, 0.3) is 6.08 Å². The normalized spacial score (nSPS) is 15.6. The second-order valence-corrected chi connectivity index (χ2v) is 7.33. The van der Waals surface area contributed by atoms with E-state index >= 15 is 0 Å². The van der Waals surface area contributed by atoms with Gasteiger partial charge in [-0.1, -0.05) is 42.0 Å². The largest absolute Gasteiger partial charge is 0.324 e. The van der Waals surface area contributed by atoms with Crippen molar-refractivity contribution in [3.63, 3.8) is 0 Å². The molecule has 1 atom stereocenters. The number of aryl methyl sites for hydroxylation is 2. The highest BCUT2D eigenvalue weighted by atomic mass is 16.2. The van der Waals surface area contributed by atoms with Crippen molar-refractivity contribution in [3.05, 3.63) is 95.8 Å². The summed E-state index contributed by atoms with van der Waals surface area (Å²) in [7, 11) is 0. The number of benzene rings is 2. The lowest BCUT2D eigenvalue weighted by Crippen LogP contribution is -2.49. The van der Waals surface area contributed by atoms with Crippen molar-refractivity contribution in [2.45, 2.75) is 25.8 Å². The maximum Gasteiger partial charge on any atom is 0.251 e. The molecule has 1 N–H and O–H groups in total. The third-order valence-corrected chi connectivity index (χ3v) is 5.19. The number of hydrogen-bond acceptors (Lipinski definition) is 3. The number of anilines is 2. The summed E-state index contributed by atoms with van der Waals surface area (Å²) in [6.45, 7) is 2.00. The number of aromatic nitrogens is 1. The lowest BCUT2D eigenvalue weighted by Gasteiger charge is -2.35. The number of amides is 2. The third-order valence-electron chi connectivity index (χ3n) is 5.19. The predicted molar refractivity (Wildman–Crippen MR) is 119 cm³/mol. The van der Waals surface area contributed by atoms with E-state index < -0.39 is 6.04 Å². The molecule has 1 aliphatic rings. The van der Waals surface area contributed by atoms with Crippen LogP contribution in [0.3, 0.4) is 0 Å². The van der Waals surface area contributed by atoms with Crippen LogP contribution in [-0.4, -0.2) is 22.8 Å². The maximum absolute atomic E-state index is 13.2. The number of nitrogens with zero attached hydrogens (tertiary/aromatic N) is 2. The second-order valence-electron chi connectivity index (χ2n) is 7.33. The lowest BCUT2D eigenvalue weighted by atomic mass is 9.94. The summed E-state index contributed by atoms with van der Waals surface area (Å²) < 4.78 is 0. The molecule has 0 aliphatic carbocycles. The Morgan fingerprint density at radius 2 is 1.80 bits per heavy atom. The Kier molecular flexibility index (Phi) is 5.70. The molecule has 0 spiro atoms. The summed E-state index contributed by atoms with van der Waals surface area (Å²) >= 11 is 0. The molecule has 150 valence electrons. The Hall–Kier alpha value is -3.73. The van der Waals surface area contributed by atoms with Crippen LogP contribution in [0.15, 0.2) is 79.0 Å². The van der Waals surface area contributed by atoms with Gasteiger partial charge in [0.15, 0.2) is 0 Å². The molecule has 0 bridgehead atoms. The van der Waals surface area contributed by atoms with Crippen molar-refractivity contribution < 1.29 is 9.59 Å². The molecule has 5 heteroatoms. The molecule has 30 heavy (non-hydrogen) atoms. The van der Waals surface area contributed by atoms with Gasteiger partial charge in [-0.3, -0.25) is 19.5 Å². The van der Waals surface area contributed by atoms with Crippen LogP contribution in [0.2, 0.25) is 0 Å². The van der Waals surface area contributed by atoms with Crippen LogP contribution in [0.5, 0.6) is 0 Å². The molecular formula is C25H23N3O2. The van der Waals surface area contributed by atoms with Gasteiger partial charge < -0.3 is 5.32 Å². The van der Waals surface area contributed by atoms with Crippen LogP contribution in [-0.2, 0) is 16.0 Å². The number of para-hydroxylation sites is 1. The van der Waals surface area contributed by atoms with Gasteiger partial charge in [0.1, 0.15) is 6.04 Å². The molecule has 1 unspecified atom stereocenters. The van der Waals surface area contributed by atoms with Gasteiger partial charge >= 0.3 is 0 Å². The molecule has 2 amide bonds. The Morgan fingerprint density at radius 3 is 2.57 bits per heavy atom. The quantitative estimate of drug-likeness (QED) is 0.664. The van der Waals surface area contributed by atoms with Gasteiger partial charge in [-0.15, -0.1) is 0 Å². The van der Waals surface area contributed by atoms with Crippen molar-refractivity contribution in [3.8, 4) is 0 Å². The van der Waals surface area contributed by atoms with E-state index in [9.17, 15) is 9.59 Å². The van der Waals surface area contributed by atoms with Crippen molar-refractivity contribution in [1.29, 1.82) is 0 Å². The summed E-state index contributed by atoms with van der Waals surface area (Å²) in [5, 5.41) is 2.96. The van der Waals surface area contributed by atoms with Crippen LogP contribution >= 0.6 is 0 Å². The topological polar surface area (TPSA) is 62.3 Å². The minimum absolute atomic E-state index is 0.187. The molecule has 0 radical (unpaired) electrons. The fourth-order valence-electron chi connectivity index (χ4n) is 3.64. The average Bonchev–Trinajstić information content (AvgIpc) is 2.79. The zero-order valence-corrected chi connectivity index (χ0v) is 16.8. The fourth-order valence-corrected chi connectivity index (χ4v) is 3.64. The lowest BCUT2D eigenvalue weighted by molar-refractivity contribution is -0.121. The Labute approximate surface area is 176 Å². The summed E-state index contributed by atoms with van der Waals surface area (Å²) in [6.07, 6.45) is 6.15. The molecule has 3 aromatic rings. The van der Waals surface area contributed by atoms with E-state index in [1.165, 1.54) is 6.08 Å².